The summed E-state index contributed by atoms with van der Waals surface area (Å²) in [6, 6.07) is 7.08. The van der Waals surface area contributed by atoms with Crippen LogP contribution in [0.3, 0.4) is 0 Å². The predicted octanol–water partition coefficient (Wildman–Crippen LogP) is 4.10. The molecule has 0 spiro atoms. The van der Waals surface area contributed by atoms with Gasteiger partial charge in [0.2, 0.25) is 5.91 Å². The summed E-state index contributed by atoms with van der Waals surface area (Å²) in [7, 11) is 0. The van der Waals surface area contributed by atoms with Crippen LogP contribution in [0.1, 0.15) is 36.2 Å². The Bertz CT molecular complexity index is 1110. The molecule has 2 heterocycles. The van der Waals surface area contributed by atoms with Gasteiger partial charge >= 0.3 is 0 Å². The molecule has 1 aliphatic carbocycles. The zero-order chi connectivity index (χ0) is 21.3. The van der Waals surface area contributed by atoms with E-state index < -0.39 is 5.82 Å². The molecule has 1 aromatic carbocycles. The zero-order valence-electron chi connectivity index (χ0n) is 15.7. The monoisotopic (exact) mass is 449 g/mol. The summed E-state index contributed by atoms with van der Waals surface area (Å²) in [6.45, 7) is 0. The van der Waals surface area contributed by atoms with Crippen LogP contribution in [-0.2, 0) is 4.79 Å². The second kappa shape index (κ2) is 8.57. The van der Waals surface area contributed by atoms with Crippen molar-refractivity contribution in [1.82, 2.24) is 19.9 Å². The van der Waals surface area contributed by atoms with E-state index in [1.165, 1.54) is 22.8 Å². The third-order valence-corrected chi connectivity index (χ3v) is 5.70. The van der Waals surface area contributed by atoms with Crippen molar-refractivity contribution in [2.45, 2.75) is 31.7 Å². The lowest BCUT2D eigenvalue weighted by molar-refractivity contribution is -0.120. The number of imidazole rings is 1. The Hall–Kier alpha value is -2.71. The van der Waals surface area contributed by atoms with Crippen molar-refractivity contribution >= 4 is 46.4 Å². The van der Waals surface area contributed by atoms with Crippen molar-refractivity contribution in [3.8, 4) is 0 Å². The Labute approximate surface area is 181 Å². The minimum absolute atomic E-state index is 0.0549. The Balaban J connectivity index is 1.33. The molecule has 2 amide bonds. The van der Waals surface area contributed by atoms with E-state index in [0.29, 0.717) is 42.7 Å². The molecule has 0 unspecified atom stereocenters. The summed E-state index contributed by atoms with van der Waals surface area (Å²) in [5.74, 6) is -1.11. The van der Waals surface area contributed by atoms with Crippen molar-refractivity contribution in [2.24, 2.45) is 5.92 Å². The summed E-state index contributed by atoms with van der Waals surface area (Å²) in [5.41, 5.74) is 1.22. The van der Waals surface area contributed by atoms with Crippen LogP contribution >= 0.6 is 23.2 Å². The Morgan fingerprint density at radius 1 is 1.10 bits per heavy atom. The number of carbonyl (C=O) groups excluding carboxylic acids is 2. The molecule has 156 valence electrons. The number of rotatable bonds is 4. The van der Waals surface area contributed by atoms with E-state index in [-0.39, 0.29) is 33.9 Å². The summed E-state index contributed by atoms with van der Waals surface area (Å²) in [5, 5.41) is 10.3. The normalized spacial score (nSPS) is 18.9. The van der Waals surface area contributed by atoms with Crippen LogP contribution in [0, 0.1) is 11.7 Å². The highest BCUT2D eigenvalue weighted by atomic mass is 35.5. The maximum Gasteiger partial charge on any atom is 0.271 e. The summed E-state index contributed by atoms with van der Waals surface area (Å²) >= 11 is 11.9. The number of benzene rings is 1. The fourth-order valence-corrected chi connectivity index (χ4v) is 3.94. The van der Waals surface area contributed by atoms with Crippen molar-refractivity contribution in [1.29, 1.82) is 0 Å². The average Bonchev–Trinajstić information content (AvgIpc) is 3.13. The number of anilines is 1. The topological polar surface area (TPSA) is 88.4 Å². The highest BCUT2D eigenvalue weighted by Gasteiger charge is 2.28. The van der Waals surface area contributed by atoms with E-state index in [1.54, 1.807) is 12.1 Å². The van der Waals surface area contributed by atoms with Gasteiger partial charge in [-0.15, -0.1) is 0 Å². The fraction of sp³-hybridized carbons (Fsp3) is 0.300. The Kier molecular flexibility index (Phi) is 5.87. The van der Waals surface area contributed by atoms with Gasteiger partial charge in [0.1, 0.15) is 11.0 Å². The lowest BCUT2D eigenvalue weighted by Crippen LogP contribution is -2.40. The van der Waals surface area contributed by atoms with Gasteiger partial charge < -0.3 is 10.6 Å². The molecule has 3 aromatic rings. The molecule has 4 rings (SSSR count). The van der Waals surface area contributed by atoms with Gasteiger partial charge in [0.25, 0.3) is 5.91 Å². The second-order valence-corrected chi connectivity index (χ2v) is 8.00. The molecule has 2 N–H and O–H groups in total. The lowest BCUT2D eigenvalue weighted by atomic mass is 9.85. The lowest BCUT2D eigenvalue weighted by Gasteiger charge is -2.28. The molecule has 0 saturated heterocycles. The third-order valence-electron chi connectivity index (χ3n) is 5.18. The maximum absolute atomic E-state index is 13.1. The number of aromatic nitrogens is 3. The van der Waals surface area contributed by atoms with Crippen LogP contribution in [0.25, 0.3) is 5.65 Å². The number of halogens is 3. The molecule has 7 nitrogen and oxygen atoms in total. The predicted molar refractivity (Wildman–Crippen MR) is 111 cm³/mol. The molecular formula is C20H18Cl2FN5O2. The first kappa shape index (κ1) is 20.6. The molecule has 2 aromatic heterocycles. The molecule has 0 radical (unpaired) electrons. The first-order valence-electron chi connectivity index (χ1n) is 9.48. The zero-order valence-corrected chi connectivity index (χ0v) is 17.3. The van der Waals surface area contributed by atoms with Gasteiger partial charge in [0.15, 0.2) is 11.3 Å². The quantitative estimate of drug-likeness (QED) is 0.627. The third kappa shape index (κ3) is 4.39. The van der Waals surface area contributed by atoms with Gasteiger partial charge in [0, 0.05) is 12.0 Å². The van der Waals surface area contributed by atoms with E-state index in [1.807, 2.05) is 0 Å². The van der Waals surface area contributed by atoms with Gasteiger partial charge in [-0.05, 0) is 56.0 Å². The summed E-state index contributed by atoms with van der Waals surface area (Å²) in [6.07, 6.45) is 4.01. The molecule has 1 fully saturated rings. The number of amides is 2. The van der Waals surface area contributed by atoms with Crippen LogP contribution in [0.15, 0.2) is 36.5 Å². The SMILES string of the molecule is O=C(NC1CCC(C(=O)Nc2ccc(F)cc2Cl)CC1)c1cnc2ccc(Cl)nn12. The molecule has 10 heteroatoms. The number of hydrogen-bond donors (Lipinski definition) is 2. The van der Waals surface area contributed by atoms with Gasteiger partial charge in [-0.25, -0.2) is 13.9 Å². The van der Waals surface area contributed by atoms with Crippen LogP contribution < -0.4 is 10.6 Å². The number of nitrogens with zero attached hydrogens (tertiary/aromatic N) is 3. The minimum atomic E-state index is -0.460. The molecule has 0 atom stereocenters. The Morgan fingerprint density at radius 2 is 1.87 bits per heavy atom. The molecule has 0 aliphatic heterocycles. The van der Waals surface area contributed by atoms with E-state index in [9.17, 15) is 14.0 Å². The van der Waals surface area contributed by atoms with E-state index in [2.05, 4.69) is 20.7 Å². The van der Waals surface area contributed by atoms with Gasteiger partial charge in [-0.2, -0.15) is 5.10 Å². The second-order valence-electron chi connectivity index (χ2n) is 7.20. The van der Waals surface area contributed by atoms with E-state index in [4.69, 9.17) is 23.2 Å². The van der Waals surface area contributed by atoms with E-state index in [0.717, 1.165) is 6.07 Å². The molecule has 1 saturated carbocycles. The van der Waals surface area contributed by atoms with Gasteiger partial charge in [-0.1, -0.05) is 23.2 Å². The van der Waals surface area contributed by atoms with Crippen molar-refractivity contribution in [3.05, 3.63) is 58.2 Å². The van der Waals surface area contributed by atoms with Gasteiger partial charge in [-0.3, -0.25) is 9.59 Å². The highest BCUT2D eigenvalue weighted by molar-refractivity contribution is 6.33. The number of carbonyl (C=O) groups is 2. The summed E-state index contributed by atoms with van der Waals surface area (Å²) < 4.78 is 14.6. The largest absolute Gasteiger partial charge is 0.348 e. The van der Waals surface area contributed by atoms with Crippen LogP contribution in [-0.4, -0.2) is 32.5 Å². The average molecular weight is 450 g/mol. The highest BCUT2D eigenvalue weighted by Crippen LogP contribution is 2.28. The fourth-order valence-electron chi connectivity index (χ4n) is 3.59. The Morgan fingerprint density at radius 3 is 2.60 bits per heavy atom. The van der Waals surface area contributed by atoms with Crippen LogP contribution in [0.4, 0.5) is 10.1 Å². The summed E-state index contributed by atoms with van der Waals surface area (Å²) in [4.78, 5) is 29.3. The standard InChI is InChI=1S/C20H18Cl2FN5O2/c21-14-9-12(23)3-6-15(14)26-19(29)11-1-4-13(5-2-11)25-20(30)16-10-24-18-8-7-17(22)27-28(16)18/h3,6-11,13H,1-2,4-5H2,(H,25,30)(H,26,29). The number of fused-ring (bicyclic) bond motifs is 1. The minimum Gasteiger partial charge on any atom is -0.348 e. The molecule has 0 bridgehead atoms. The van der Waals surface area contributed by atoms with Gasteiger partial charge in [0.05, 0.1) is 16.9 Å². The van der Waals surface area contributed by atoms with E-state index >= 15 is 0 Å². The smallest absolute Gasteiger partial charge is 0.271 e. The van der Waals surface area contributed by atoms with Crippen LogP contribution in [0.2, 0.25) is 10.2 Å². The maximum atomic E-state index is 13.1. The molecule has 30 heavy (non-hydrogen) atoms. The number of nitrogens with one attached hydrogen (secondary N) is 2. The molecular weight excluding hydrogens is 432 g/mol. The van der Waals surface area contributed by atoms with Crippen molar-refractivity contribution in [2.75, 3.05) is 5.32 Å². The first-order valence-corrected chi connectivity index (χ1v) is 10.2. The van der Waals surface area contributed by atoms with Crippen molar-refractivity contribution < 1.29 is 14.0 Å². The molecule has 1 aliphatic rings. The number of hydrogen-bond acceptors (Lipinski definition) is 4. The first-order chi connectivity index (χ1) is 14.4. The van der Waals surface area contributed by atoms with Crippen LogP contribution in [0.5, 0.6) is 0 Å². The van der Waals surface area contributed by atoms with Crippen molar-refractivity contribution in [3.63, 3.8) is 0 Å².